The van der Waals surface area contributed by atoms with Crippen molar-refractivity contribution in [2.75, 3.05) is 10.4 Å². The summed E-state index contributed by atoms with van der Waals surface area (Å²) >= 11 is 0. The Labute approximate surface area is 141 Å². The standard InChI is InChI=1S/C15H23N3O5S/c1-2-3-4-5-10-13(14(19)17-20)24(22,23)15-16-11-8-6-7-9-12(11)18(15)21/h6-9,13,15-16,20-21H,2-5,10H2,1H3,(H,17,19). The zero-order valence-corrected chi connectivity index (χ0v) is 14.3. The molecule has 1 aromatic carbocycles. The second-order valence-corrected chi connectivity index (χ2v) is 7.96. The summed E-state index contributed by atoms with van der Waals surface area (Å²) < 4.78 is 25.7. The molecular formula is C15H23N3O5S. The van der Waals surface area contributed by atoms with E-state index >= 15 is 0 Å². The molecule has 2 unspecified atom stereocenters. The highest BCUT2D eigenvalue weighted by Gasteiger charge is 2.45. The van der Waals surface area contributed by atoms with Gasteiger partial charge in [-0.3, -0.25) is 15.2 Å². The van der Waals surface area contributed by atoms with E-state index in [1.165, 1.54) is 5.48 Å². The summed E-state index contributed by atoms with van der Waals surface area (Å²) in [6.45, 7) is 2.03. The number of rotatable bonds is 8. The molecule has 0 spiro atoms. The number of nitrogens with zero attached hydrogens (tertiary/aromatic N) is 1. The maximum absolute atomic E-state index is 12.8. The molecule has 2 rings (SSSR count). The first-order valence-corrected chi connectivity index (χ1v) is 9.54. The normalized spacial score (nSPS) is 18.0. The lowest BCUT2D eigenvalue weighted by molar-refractivity contribution is -0.128. The fourth-order valence-corrected chi connectivity index (χ4v) is 4.61. The molecule has 134 valence electrons. The Morgan fingerprint density at radius 1 is 1.33 bits per heavy atom. The van der Waals surface area contributed by atoms with Crippen LogP contribution >= 0.6 is 0 Å². The van der Waals surface area contributed by atoms with Crippen LogP contribution in [0.5, 0.6) is 0 Å². The van der Waals surface area contributed by atoms with Crippen LogP contribution in [0.4, 0.5) is 11.4 Å². The molecule has 1 aliphatic heterocycles. The minimum atomic E-state index is -4.12. The molecular weight excluding hydrogens is 334 g/mol. The lowest BCUT2D eigenvalue weighted by Gasteiger charge is -2.24. The average molecular weight is 357 g/mol. The van der Waals surface area contributed by atoms with Crippen LogP contribution in [0.1, 0.15) is 39.0 Å². The van der Waals surface area contributed by atoms with Gasteiger partial charge < -0.3 is 5.32 Å². The Bertz CT molecular complexity index is 679. The van der Waals surface area contributed by atoms with Crippen molar-refractivity contribution in [2.24, 2.45) is 0 Å². The summed E-state index contributed by atoms with van der Waals surface area (Å²) in [4.78, 5) is 11.9. The molecule has 1 amide bonds. The first-order valence-electron chi connectivity index (χ1n) is 7.93. The van der Waals surface area contributed by atoms with Crippen LogP contribution in [0.25, 0.3) is 0 Å². The Balaban J connectivity index is 2.20. The number of amides is 1. The fourth-order valence-electron chi connectivity index (χ4n) is 2.77. The lowest BCUT2D eigenvalue weighted by Crippen LogP contribution is -2.50. The highest BCUT2D eigenvalue weighted by molar-refractivity contribution is 7.93. The van der Waals surface area contributed by atoms with Crippen molar-refractivity contribution in [3.05, 3.63) is 24.3 Å². The van der Waals surface area contributed by atoms with E-state index in [0.29, 0.717) is 22.9 Å². The Morgan fingerprint density at radius 2 is 2.04 bits per heavy atom. The van der Waals surface area contributed by atoms with Crippen molar-refractivity contribution in [1.29, 1.82) is 0 Å². The summed E-state index contributed by atoms with van der Waals surface area (Å²) in [6, 6.07) is 6.58. The highest BCUT2D eigenvalue weighted by atomic mass is 32.2. The van der Waals surface area contributed by atoms with Gasteiger partial charge in [-0.2, -0.15) is 0 Å². The van der Waals surface area contributed by atoms with Gasteiger partial charge in [-0.15, -0.1) is 0 Å². The number of anilines is 2. The van der Waals surface area contributed by atoms with Crippen molar-refractivity contribution in [3.8, 4) is 0 Å². The van der Waals surface area contributed by atoms with E-state index in [4.69, 9.17) is 5.21 Å². The fraction of sp³-hybridized carbons (Fsp3) is 0.533. The molecule has 1 aliphatic rings. The molecule has 0 aliphatic carbocycles. The van der Waals surface area contributed by atoms with Crippen molar-refractivity contribution in [2.45, 2.75) is 49.8 Å². The molecule has 0 saturated carbocycles. The molecule has 24 heavy (non-hydrogen) atoms. The van der Waals surface area contributed by atoms with E-state index in [-0.39, 0.29) is 6.42 Å². The third-order valence-corrected chi connectivity index (χ3v) is 6.27. The zero-order chi connectivity index (χ0) is 17.7. The number of hydroxylamine groups is 2. The van der Waals surface area contributed by atoms with Crippen LogP contribution in [0.3, 0.4) is 0 Å². The van der Waals surface area contributed by atoms with Crippen LogP contribution in [0.15, 0.2) is 24.3 Å². The lowest BCUT2D eigenvalue weighted by atomic mass is 10.1. The number of hydrogen-bond donors (Lipinski definition) is 4. The van der Waals surface area contributed by atoms with Gasteiger partial charge >= 0.3 is 0 Å². The van der Waals surface area contributed by atoms with E-state index < -0.39 is 26.5 Å². The monoisotopic (exact) mass is 357 g/mol. The van der Waals surface area contributed by atoms with E-state index in [2.05, 4.69) is 5.32 Å². The molecule has 4 N–H and O–H groups in total. The van der Waals surface area contributed by atoms with E-state index in [0.717, 1.165) is 19.3 Å². The van der Waals surface area contributed by atoms with Crippen molar-refractivity contribution in [1.82, 2.24) is 5.48 Å². The SMILES string of the molecule is CCCCCCC(C(=O)NO)S(=O)(=O)C1Nc2ccccc2N1O. The number of carbonyl (C=O) groups excluding carboxylic acids is 1. The van der Waals surface area contributed by atoms with Gasteiger partial charge in [-0.1, -0.05) is 44.7 Å². The summed E-state index contributed by atoms with van der Waals surface area (Å²) in [6.07, 6.45) is 3.33. The van der Waals surface area contributed by atoms with Crippen LogP contribution < -0.4 is 15.9 Å². The number of para-hydroxylation sites is 2. The van der Waals surface area contributed by atoms with Crippen LogP contribution in [-0.2, 0) is 14.6 Å². The van der Waals surface area contributed by atoms with Gasteiger partial charge in [0, 0.05) is 0 Å². The molecule has 0 saturated heterocycles. The average Bonchev–Trinajstić information content (AvgIpc) is 2.92. The van der Waals surface area contributed by atoms with E-state index in [9.17, 15) is 18.4 Å². The van der Waals surface area contributed by atoms with Gasteiger partial charge in [0.25, 0.3) is 5.91 Å². The van der Waals surface area contributed by atoms with Gasteiger partial charge in [-0.25, -0.2) is 19.0 Å². The molecule has 1 heterocycles. The molecule has 2 atom stereocenters. The quantitative estimate of drug-likeness (QED) is 0.318. The minimum Gasteiger partial charge on any atom is -0.349 e. The first-order chi connectivity index (χ1) is 11.4. The number of unbranched alkanes of at least 4 members (excludes halogenated alkanes) is 3. The highest BCUT2D eigenvalue weighted by Crippen LogP contribution is 2.36. The van der Waals surface area contributed by atoms with E-state index in [1.807, 2.05) is 6.92 Å². The largest absolute Gasteiger partial charge is 0.349 e. The summed E-state index contributed by atoms with van der Waals surface area (Å²) in [7, 11) is -4.12. The topological polar surface area (TPSA) is 119 Å². The number of hydrogen-bond acceptors (Lipinski definition) is 7. The zero-order valence-electron chi connectivity index (χ0n) is 13.5. The first kappa shape index (κ1) is 18.5. The van der Waals surface area contributed by atoms with Gasteiger partial charge in [0.2, 0.25) is 15.3 Å². The van der Waals surface area contributed by atoms with Gasteiger partial charge in [0.1, 0.15) is 5.25 Å². The van der Waals surface area contributed by atoms with Crippen LogP contribution in [0, 0.1) is 0 Å². The van der Waals surface area contributed by atoms with Crippen LogP contribution in [0.2, 0.25) is 0 Å². The number of benzene rings is 1. The summed E-state index contributed by atoms with van der Waals surface area (Å²) in [5.74, 6) is -0.988. The molecule has 0 aromatic heterocycles. The Morgan fingerprint density at radius 3 is 2.67 bits per heavy atom. The molecule has 9 heteroatoms. The molecule has 0 radical (unpaired) electrons. The third-order valence-electron chi connectivity index (χ3n) is 4.08. The molecule has 8 nitrogen and oxygen atoms in total. The predicted octanol–water partition coefficient (Wildman–Crippen LogP) is 1.85. The number of carbonyl (C=O) groups is 1. The third kappa shape index (κ3) is 3.63. The number of fused-ring (bicyclic) bond motifs is 1. The Kier molecular flexibility index (Phi) is 6.03. The van der Waals surface area contributed by atoms with Gasteiger partial charge in [0.05, 0.1) is 11.4 Å². The summed E-state index contributed by atoms with van der Waals surface area (Å²) in [5, 5.41) is 21.0. The smallest absolute Gasteiger partial charge is 0.261 e. The van der Waals surface area contributed by atoms with Gasteiger partial charge in [0.15, 0.2) is 0 Å². The van der Waals surface area contributed by atoms with Crippen LogP contribution in [-0.4, -0.2) is 35.5 Å². The minimum absolute atomic E-state index is 0.0804. The molecule has 0 fully saturated rings. The van der Waals surface area contributed by atoms with Crippen molar-refractivity contribution in [3.63, 3.8) is 0 Å². The maximum atomic E-state index is 12.8. The predicted molar refractivity (Wildman–Crippen MR) is 89.5 cm³/mol. The Hall–Kier alpha value is -1.84. The van der Waals surface area contributed by atoms with Crippen molar-refractivity contribution < 1.29 is 23.6 Å². The second kappa shape index (κ2) is 7.82. The van der Waals surface area contributed by atoms with Crippen molar-refractivity contribution >= 4 is 27.1 Å². The number of sulfone groups is 1. The van der Waals surface area contributed by atoms with E-state index in [1.54, 1.807) is 24.3 Å². The van der Waals surface area contributed by atoms with Gasteiger partial charge in [-0.05, 0) is 18.6 Å². The maximum Gasteiger partial charge on any atom is 0.261 e. The second-order valence-electron chi connectivity index (χ2n) is 5.76. The molecule has 0 bridgehead atoms. The molecule has 1 aromatic rings. The number of nitrogens with one attached hydrogen (secondary N) is 2. The summed E-state index contributed by atoms with van der Waals surface area (Å²) in [5.41, 5.74) is 0.737.